The molecule has 0 spiro atoms. The van der Waals surface area contributed by atoms with Crippen LogP contribution in [-0.2, 0) is 0 Å². The number of aromatic nitrogens is 2. The van der Waals surface area contributed by atoms with Gasteiger partial charge in [0.2, 0.25) is 5.95 Å². The molecular weight excluding hydrogens is 276 g/mol. The highest BCUT2D eigenvalue weighted by Gasteiger charge is 2.06. The van der Waals surface area contributed by atoms with Gasteiger partial charge in [-0.05, 0) is 39.3 Å². The van der Waals surface area contributed by atoms with Crippen molar-refractivity contribution in [2.45, 2.75) is 40.2 Å². The maximum atomic E-state index is 11.4. The zero-order chi connectivity index (χ0) is 16.1. The summed E-state index contributed by atoms with van der Waals surface area (Å²) in [6.45, 7) is 7.72. The number of ketones is 1. The lowest BCUT2D eigenvalue weighted by Gasteiger charge is -2.14. The summed E-state index contributed by atoms with van der Waals surface area (Å²) in [5.41, 5.74) is 2.34. The van der Waals surface area contributed by atoms with Crippen molar-refractivity contribution in [2.24, 2.45) is 0 Å². The Bertz CT molecular complexity index is 669. The molecule has 1 heterocycles. The molecule has 0 bridgehead atoms. The number of rotatable bonds is 6. The van der Waals surface area contributed by atoms with Gasteiger partial charge in [-0.3, -0.25) is 4.79 Å². The van der Waals surface area contributed by atoms with Crippen molar-refractivity contribution in [3.8, 4) is 0 Å². The van der Waals surface area contributed by atoms with E-state index in [-0.39, 0.29) is 5.78 Å². The third kappa shape index (κ3) is 4.28. The lowest BCUT2D eigenvalue weighted by atomic mass is 10.1. The molecule has 0 aliphatic carbocycles. The molecule has 2 aromatic rings. The Morgan fingerprint density at radius 3 is 2.73 bits per heavy atom. The monoisotopic (exact) mass is 298 g/mol. The van der Waals surface area contributed by atoms with E-state index in [9.17, 15) is 4.79 Å². The second kappa shape index (κ2) is 7.02. The molecule has 5 heteroatoms. The second-order valence-corrected chi connectivity index (χ2v) is 5.43. The first-order valence-electron chi connectivity index (χ1n) is 7.48. The first-order valence-corrected chi connectivity index (χ1v) is 7.48. The molecule has 0 saturated heterocycles. The Balaban J connectivity index is 2.22. The molecule has 0 saturated carbocycles. The van der Waals surface area contributed by atoms with E-state index in [1.54, 1.807) is 19.1 Å². The standard InChI is InChI=1S/C17H22N4O/c1-5-11(2)18-16-9-12(3)19-17(21-16)20-15-8-6-7-14(10-15)13(4)22/h6-11H,5H2,1-4H3,(H2,18,19,20,21). The van der Waals surface area contributed by atoms with Crippen molar-refractivity contribution in [3.05, 3.63) is 41.6 Å². The molecular formula is C17H22N4O. The normalized spacial score (nSPS) is 11.8. The molecule has 1 aromatic carbocycles. The van der Waals surface area contributed by atoms with E-state index in [0.29, 0.717) is 17.6 Å². The summed E-state index contributed by atoms with van der Waals surface area (Å²) in [7, 11) is 0. The van der Waals surface area contributed by atoms with Crippen molar-refractivity contribution < 1.29 is 4.79 Å². The Labute approximate surface area is 131 Å². The minimum Gasteiger partial charge on any atom is -0.367 e. The third-order valence-electron chi connectivity index (χ3n) is 3.39. The minimum atomic E-state index is 0.0351. The molecule has 0 aliphatic heterocycles. The Kier molecular flexibility index (Phi) is 5.09. The smallest absolute Gasteiger partial charge is 0.229 e. The molecule has 2 rings (SSSR count). The van der Waals surface area contributed by atoms with Gasteiger partial charge in [0.25, 0.3) is 0 Å². The predicted molar refractivity (Wildman–Crippen MR) is 89.9 cm³/mol. The fourth-order valence-corrected chi connectivity index (χ4v) is 2.00. The molecule has 0 radical (unpaired) electrons. The molecule has 22 heavy (non-hydrogen) atoms. The van der Waals surface area contributed by atoms with Crippen LogP contribution in [0, 0.1) is 6.92 Å². The number of aryl methyl sites for hydroxylation is 1. The first-order chi connectivity index (χ1) is 10.5. The van der Waals surface area contributed by atoms with Crippen LogP contribution in [0.15, 0.2) is 30.3 Å². The van der Waals surface area contributed by atoms with Crippen molar-refractivity contribution >= 4 is 23.2 Å². The molecule has 0 fully saturated rings. The molecule has 5 nitrogen and oxygen atoms in total. The van der Waals surface area contributed by atoms with Gasteiger partial charge in [0.1, 0.15) is 5.82 Å². The SMILES string of the molecule is CCC(C)Nc1cc(C)nc(Nc2cccc(C(C)=O)c2)n1. The van der Waals surface area contributed by atoms with Crippen LogP contribution in [0.2, 0.25) is 0 Å². The highest BCUT2D eigenvalue weighted by Crippen LogP contribution is 2.18. The third-order valence-corrected chi connectivity index (χ3v) is 3.39. The highest BCUT2D eigenvalue weighted by atomic mass is 16.1. The van der Waals surface area contributed by atoms with E-state index in [1.165, 1.54) is 0 Å². The zero-order valence-electron chi connectivity index (χ0n) is 13.5. The maximum Gasteiger partial charge on any atom is 0.229 e. The van der Waals surface area contributed by atoms with Gasteiger partial charge in [0.05, 0.1) is 0 Å². The van der Waals surface area contributed by atoms with Crippen molar-refractivity contribution in [2.75, 3.05) is 10.6 Å². The molecule has 1 unspecified atom stereocenters. The van der Waals surface area contributed by atoms with Crippen LogP contribution in [0.25, 0.3) is 0 Å². The summed E-state index contributed by atoms with van der Waals surface area (Å²) in [6, 6.07) is 9.59. The lowest BCUT2D eigenvalue weighted by Crippen LogP contribution is -2.15. The van der Waals surface area contributed by atoms with Gasteiger partial charge in [0.15, 0.2) is 5.78 Å². The van der Waals surface area contributed by atoms with Gasteiger partial charge in [-0.25, -0.2) is 4.98 Å². The largest absolute Gasteiger partial charge is 0.367 e. The fourth-order valence-electron chi connectivity index (χ4n) is 2.00. The minimum absolute atomic E-state index is 0.0351. The number of benzene rings is 1. The number of carbonyl (C=O) groups is 1. The highest BCUT2D eigenvalue weighted by molar-refractivity contribution is 5.95. The Morgan fingerprint density at radius 1 is 1.27 bits per heavy atom. The van der Waals surface area contributed by atoms with E-state index >= 15 is 0 Å². The topological polar surface area (TPSA) is 66.9 Å². The quantitative estimate of drug-likeness (QED) is 0.791. The predicted octanol–water partition coefficient (Wildman–Crippen LogP) is 3.94. The molecule has 0 aliphatic rings. The van der Waals surface area contributed by atoms with Crippen molar-refractivity contribution in [1.29, 1.82) is 0 Å². The van der Waals surface area contributed by atoms with Crippen molar-refractivity contribution in [3.63, 3.8) is 0 Å². The number of carbonyl (C=O) groups excluding carboxylic acids is 1. The number of hydrogen-bond acceptors (Lipinski definition) is 5. The average Bonchev–Trinajstić information content (AvgIpc) is 2.46. The van der Waals surface area contributed by atoms with E-state index in [2.05, 4.69) is 34.4 Å². The number of hydrogen-bond donors (Lipinski definition) is 2. The maximum absolute atomic E-state index is 11.4. The van der Waals surface area contributed by atoms with Crippen LogP contribution in [0.4, 0.5) is 17.5 Å². The second-order valence-electron chi connectivity index (χ2n) is 5.43. The summed E-state index contributed by atoms with van der Waals surface area (Å²) >= 11 is 0. The van der Waals surface area contributed by atoms with Gasteiger partial charge < -0.3 is 10.6 Å². The molecule has 2 N–H and O–H groups in total. The summed E-state index contributed by atoms with van der Waals surface area (Å²) in [6.07, 6.45) is 1.02. The van der Waals surface area contributed by atoms with Crippen LogP contribution in [0.5, 0.6) is 0 Å². The fraction of sp³-hybridized carbons (Fsp3) is 0.353. The van der Waals surface area contributed by atoms with E-state index in [4.69, 9.17) is 0 Å². The summed E-state index contributed by atoms with van der Waals surface area (Å²) in [5.74, 6) is 1.35. The van der Waals surface area contributed by atoms with Crippen molar-refractivity contribution in [1.82, 2.24) is 9.97 Å². The van der Waals surface area contributed by atoms with Crippen LogP contribution in [-0.4, -0.2) is 21.8 Å². The first kappa shape index (κ1) is 15.9. The Hall–Kier alpha value is -2.43. The molecule has 1 aromatic heterocycles. The number of anilines is 3. The summed E-state index contributed by atoms with van der Waals surface area (Å²) < 4.78 is 0. The van der Waals surface area contributed by atoms with Gasteiger partial charge in [-0.2, -0.15) is 4.98 Å². The molecule has 116 valence electrons. The average molecular weight is 298 g/mol. The van der Waals surface area contributed by atoms with Gasteiger partial charge in [-0.15, -0.1) is 0 Å². The Morgan fingerprint density at radius 2 is 2.05 bits per heavy atom. The van der Waals surface area contributed by atoms with Crippen LogP contribution in [0.1, 0.15) is 43.2 Å². The lowest BCUT2D eigenvalue weighted by molar-refractivity contribution is 0.101. The van der Waals surface area contributed by atoms with Gasteiger partial charge in [0, 0.05) is 29.1 Å². The summed E-state index contributed by atoms with van der Waals surface area (Å²) in [5, 5.41) is 6.50. The summed E-state index contributed by atoms with van der Waals surface area (Å²) in [4.78, 5) is 20.3. The zero-order valence-corrected chi connectivity index (χ0v) is 13.5. The number of Topliss-reactive ketones (excluding diaryl/α,β-unsaturated/α-hetero) is 1. The van der Waals surface area contributed by atoms with Crippen LogP contribution < -0.4 is 10.6 Å². The molecule has 0 amide bonds. The van der Waals surface area contributed by atoms with Crippen LogP contribution >= 0.6 is 0 Å². The number of nitrogens with zero attached hydrogens (tertiary/aromatic N) is 2. The van der Waals surface area contributed by atoms with E-state index in [1.807, 2.05) is 25.1 Å². The van der Waals surface area contributed by atoms with Crippen LogP contribution in [0.3, 0.4) is 0 Å². The number of nitrogens with one attached hydrogen (secondary N) is 2. The van der Waals surface area contributed by atoms with Gasteiger partial charge >= 0.3 is 0 Å². The van der Waals surface area contributed by atoms with E-state index in [0.717, 1.165) is 23.6 Å². The van der Waals surface area contributed by atoms with Gasteiger partial charge in [-0.1, -0.05) is 19.1 Å². The van der Waals surface area contributed by atoms with E-state index < -0.39 is 0 Å². The molecule has 1 atom stereocenters.